The summed E-state index contributed by atoms with van der Waals surface area (Å²) in [5.74, 6) is 1.64. The van der Waals surface area contributed by atoms with Crippen molar-refractivity contribution in [2.24, 2.45) is 0 Å². The lowest BCUT2D eigenvalue weighted by molar-refractivity contribution is 1.04. The summed E-state index contributed by atoms with van der Waals surface area (Å²) < 4.78 is 0. The van der Waals surface area contributed by atoms with E-state index >= 15 is 0 Å². The van der Waals surface area contributed by atoms with Crippen LogP contribution in [0.15, 0.2) is 12.7 Å². The molecule has 0 aliphatic heterocycles. The number of H-pyrrole nitrogens is 1. The molecule has 0 bridgehead atoms. The Kier molecular flexibility index (Phi) is 2.04. The number of aryl methyl sites for hydroxylation is 2. The van der Waals surface area contributed by atoms with E-state index in [0.717, 1.165) is 34.9 Å². The van der Waals surface area contributed by atoms with E-state index in [2.05, 4.69) is 26.5 Å². The second-order valence-electron chi connectivity index (χ2n) is 3.23. The molecule has 2 rings (SSSR count). The second kappa shape index (κ2) is 3.21. The first-order chi connectivity index (χ1) is 6.70. The van der Waals surface area contributed by atoms with Gasteiger partial charge in [0, 0.05) is 6.42 Å². The van der Waals surface area contributed by atoms with E-state index in [-0.39, 0.29) is 0 Å². The monoisotopic (exact) mass is 188 g/mol. The highest BCUT2D eigenvalue weighted by molar-refractivity contribution is 5.72. The van der Waals surface area contributed by atoms with E-state index in [4.69, 9.17) is 0 Å². The molecule has 0 aliphatic carbocycles. The zero-order chi connectivity index (χ0) is 10.1. The number of aromatic nitrogens is 4. The fourth-order valence-electron chi connectivity index (χ4n) is 1.46. The van der Waals surface area contributed by atoms with Crippen LogP contribution in [-0.2, 0) is 6.42 Å². The van der Waals surface area contributed by atoms with Crippen LogP contribution in [0.2, 0.25) is 0 Å². The number of nitrogens with zero attached hydrogens (tertiary/aromatic N) is 3. The Labute approximate surface area is 82.1 Å². The van der Waals surface area contributed by atoms with Crippen LogP contribution in [0.5, 0.6) is 0 Å². The molecule has 14 heavy (non-hydrogen) atoms. The first-order valence-electron chi connectivity index (χ1n) is 4.51. The molecule has 1 N–H and O–H groups in total. The van der Waals surface area contributed by atoms with E-state index in [1.54, 1.807) is 0 Å². The molecule has 4 nitrogen and oxygen atoms in total. The van der Waals surface area contributed by atoms with Crippen LogP contribution in [0, 0.1) is 13.8 Å². The normalized spacial score (nSPS) is 10.7. The predicted molar refractivity (Wildman–Crippen MR) is 55.1 cm³/mol. The third-order valence-corrected chi connectivity index (χ3v) is 2.03. The molecular weight excluding hydrogens is 176 g/mol. The topological polar surface area (TPSA) is 54.5 Å². The lowest BCUT2D eigenvalue weighted by Gasteiger charge is -1.94. The largest absolute Gasteiger partial charge is 0.339 e. The molecular formula is C10H12N4. The van der Waals surface area contributed by atoms with Gasteiger partial charge < -0.3 is 4.98 Å². The van der Waals surface area contributed by atoms with Crippen LogP contribution in [0.4, 0.5) is 0 Å². The summed E-state index contributed by atoms with van der Waals surface area (Å²) in [6.07, 6.45) is 2.54. The van der Waals surface area contributed by atoms with Crippen molar-refractivity contribution in [1.82, 2.24) is 19.9 Å². The molecule has 0 saturated heterocycles. The third kappa shape index (κ3) is 1.39. The van der Waals surface area contributed by atoms with Gasteiger partial charge in [0.25, 0.3) is 0 Å². The van der Waals surface area contributed by atoms with E-state index < -0.39 is 0 Å². The Bertz CT molecular complexity index is 484. The smallest absolute Gasteiger partial charge is 0.181 e. The van der Waals surface area contributed by atoms with E-state index in [1.807, 2.05) is 19.9 Å². The first-order valence-corrected chi connectivity index (χ1v) is 4.51. The van der Waals surface area contributed by atoms with Crippen LogP contribution in [-0.4, -0.2) is 19.9 Å². The minimum Gasteiger partial charge on any atom is -0.339 e. The molecule has 0 saturated carbocycles. The van der Waals surface area contributed by atoms with Crippen molar-refractivity contribution in [2.45, 2.75) is 20.3 Å². The van der Waals surface area contributed by atoms with Gasteiger partial charge in [0.1, 0.15) is 17.2 Å². The number of aromatic amines is 1. The van der Waals surface area contributed by atoms with Crippen molar-refractivity contribution < 1.29 is 0 Å². The Morgan fingerprint density at radius 2 is 2.07 bits per heavy atom. The lowest BCUT2D eigenvalue weighted by atomic mass is 10.4. The number of nitrogens with one attached hydrogen (secondary N) is 1. The molecule has 0 radical (unpaired) electrons. The van der Waals surface area contributed by atoms with Crippen molar-refractivity contribution >= 4 is 11.2 Å². The molecule has 0 aromatic carbocycles. The minimum atomic E-state index is 0.731. The van der Waals surface area contributed by atoms with Gasteiger partial charge in [-0.25, -0.2) is 15.0 Å². The van der Waals surface area contributed by atoms with Gasteiger partial charge in [-0.15, -0.1) is 6.58 Å². The van der Waals surface area contributed by atoms with Crippen molar-refractivity contribution in [1.29, 1.82) is 0 Å². The van der Waals surface area contributed by atoms with Crippen molar-refractivity contribution in [3.05, 3.63) is 30.0 Å². The highest BCUT2D eigenvalue weighted by Gasteiger charge is 2.06. The molecule has 0 fully saturated rings. The van der Waals surface area contributed by atoms with Crippen LogP contribution < -0.4 is 0 Å². The second-order valence-corrected chi connectivity index (χ2v) is 3.23. The maximum Gasteiger partial charge on any atom is 0.181 e. The average molecular weight is 188 g/mol. The molecule has 0 unspecified atom stereocenters. The van der Waals surface area contributed by atoms with Gasteiger partial charge in [-0.2, -0.15) is 0 Å². The Hall–Kier alpha value is -1.71. The zero-order valence-electron chi connectivity index (χ0n) is 8.33. The third-order valence-electron chi connectivity index (χ3n) is 2.03. The van der Waals surface area contributed by atoms with Crippen LogP contribution >= 0.6 is 0 Å². The van der Waals surface area contributed by atoms with Crippen LogP contribution in [0.25, 0.3) is 11.2 Å². The highest BCUT2D eigenvalue weighted by Crippen LogP contribution is 2.12. The number of imidazole rings is 1. The van der Waals surface area contributed by atoms with Gasteiger partial charge in [0.05, 0.1) is 5.69 Å². The quantitative estimate of drug-likeness (QED) is 0.730. The van der Waals surface area contributed by atoms with Gasteiger partial charge in [0.15, 0.2) is 5.65 Å². The summed E-state index contributed by atoms with van der Waals surface area (Å²) in [4.78, 5) is 16.0. The Morgan fingerprint density at radius 3 is 2.79 bits per heavy atom. The number of hydrogen-bond donors (Lipinski definition) is 1. The summed E-state index contributed by atoms with van der Waals surface area (Å²) >= 11 is 0. The summed E-state index contributed by atoms with van der Waals surface area (Å²) in [5.41, 5.74) is 2.61. The number of allylic oxidation sites excluding steroid dienone is 1. The van der Waals surface area contributed by atoms with E-state index in [9.17, 15) is 0 Å². The number of fused-ring (bicyclic) bond motifs is 1. The molecule has 4 heteroatoms. The summed E-state index contributed by atoms with van der Waals surface area (Å²) in [7, 11) is 0. The fraction of sp³-hybridized carbons (Fsp3) is 0.300. The predicted octanol–water partition coefficient (Wildman–Crippen LogP) is 1.70. The molecule has 0 aliphatic rings. The van der Waals surface area contributed by atoms with Crippen LogP contribution in [0.1, 0.15) is 17.3 Å². The van der Waals surface area contributed by atoms with Crippen molar-refractivity contribution in [2.75, 3.05) is 0 Å². The summed E-state index contributed by atoms with van der Waals surface area (Å²) in [6.45, 7) is 7.49. The summed E-state index contributed by atoms with van der Waals surface area (Å²) in [6, 6.07) is 0. The lowest BCUT2D eigenvalue weighted by Crippen LogP contribution is -1.91. The molecule has 2 aromatic heterocycles. The SMILES string of the molecule is C=CCc1nc2nc(C)nc(C)c2[nH]1. The average Bonchev–Trinajstić information content (AvgIpc) is 2.48. The van der Waals surface area contributed by atoms with E-state index in [1.165, 1.54) is 0 Å². The van der Waals surface area contributed by atoms with Gasteiger partial charge in [-0.05, 0) is 13.8 Å². The summed E-state index contributed by atoms with van der Waals surface area (Å²) in [5, 5.41) is 0. The van der Waals surface area contributed by atoms with Gasteiger partial charge in [-0.3, -0.25) is 0 Å². The molecule has 2 aromatic rings. The first kappa shape index (κ1) is 8.87. The van der Waals surface area contributed by atoms with Crippen molar-refractivity contribution in [3.8, 4) is 0 Å². The Balaban J connectivity index is 2.64. The molecule has 0 spiro atoms. The Morgan fingerprint density at radius 1 is 1.29 bits per heavy atom. The highest BCUT2D eigenvalue weighted by atomic mass is 15.0. The molecule has 0 atom stereocenters. The number of rotatable bonds is 2. The van der Waals surface area contributed by atoms with Gasteiger partial charge in [-0.1, -0.05) is 6.08 Å². The zero-order valence-corrected chi connectivity index (χ0v) is 8.33. The van der Waals surface area contributed by atoms with Crippen LogP contribution in [0.3, 0.4) is 0 Å². The maximum atomic E-state index is 4.35. The molecule has 0 amide bonds. The van der Waals surface area contributed by atoms with Crippen molar-refractivity contribution in [3.63, 3.8) is 0 Å². The van der Waals surface area contributed by atoms with E-state index in [0.29, 0.717) is 0 Å². The maximum absolute atomic E-state index is 4.35. The minimum absolute atomic E-state index is 0.731. The number of hydrogen-bond acceptors (Lipinski definition) is 3. The standard InChI is InChI=1S/C10H12N4/c1-4-5-8-13-9-6(2)11-7(3)12-10(9)14-8/h4H,1,5H2,2-3H3,(H,11,12,13,14). The van der Waals surface area contributed by atoms with Gasteiger partial charge in [0.2, 0.25) is 0 Å². The molecule has 2 heterocycles. The fourth-order valence-corrected chi connectivity index (χ4v) is 1.46. The molecule has 72 valence electrons. The van der Waals surface area contributed by atoms with Gasteiger partial charge >= 0.3 is 0 Å².